The minimum Gasteiger partial charge on any atom is -0.497 e. The highest BCUT2D eigenvalue weighted by molar-refractivity contribution is 5.88. The number of hydrogen-bond acceptors (Lipinski definition) is 5. The SMILES string of the molecule is COc1ccc(C(CNC(=O)C(NC(=O)C2CCCCC2)C(C)C)N2CCOCC2)cc1. The van der Waals surface area contributed by atoms with Crippen LogP contribution >= 0.6 is 0 Å². The van der Waals surface area contributed by atoms with Gasteiger partial charge in [0.2, 0.25) is 11.8 Å². The minimum absolute atomic E-state index is 0.0189. The predicted octanol–water partition coefficient (Wildman–Crippen LogP) is 2.91. The van der Waals surface area contributed by atoms with E-state index in [1.54, 1.807) is 7.11 Å². The van der Waals surface area contributed by atoms with Gasteiger partial charge in [0.05, 0.1) is 26.4 Å². The van der Waals surface area contributed by atoms with Crippen LogP contribution in [0.25, 0.3) is 0 Å². The lowest BCUT2D eigenvalue weighted by atomic mass is 9.88. The standard InChI is InChI=1S/C25H39N3O4/c1-18(2)23(27-24(29)20-7-5-4-6-8-20)25(30)26-17-22(28-13-15-32-16-14-28)19-9-11-21(31-3)12-10-19/h9-12,18,20,22-23H,4-8,13-17H2,1-3H3,(H,26,30)(H,27,29). The highest BCUT2D eigenvalue weighted by Crippen LogP contribution is 2.25. The largest absolute Gasteiger partial charge is 0.497 e. The Labute approximate surface area is 192 Å². The van der Waals surface area contributed by atoms with E-state index in [0.29, 0.717) is 19.8 Å². The molecule has 2 N–H and O–H groups in total. The van der Waals surface area contributed by atoms with Crippen LogP contribution in [0.2, 0.25) is 0 Å². The molecule has 1 aliphatic carbocycles. The Kier molecular flexibility index (Phi) is 9.36. The second-order valence-electron chi connectivity index (χ2n) is 9.25. The molecule has 2 fully saturated rings. The molecule has 2 atom stereocenters. The molecule has 178 valence electrons. The van der Waals surface area contributed by atoms with Crippen LogP contribution in [0.15, 0.2) is 24.3 Å². The van der Waals surface area contributed by atoms with Gasteiger partial charge in [0.1, 0.15) is 11.8 Å². The van der Waals surface area contributed by atoms with Crippen molar-refractivity contribution in [3.8, 4) is 5.75 Å². The lowest BCUT2D eigenvalue weighted by molar-refractivity contribution is -0.132. The van der Waals surface area contributed by atoms with E-state index in [1.165, 1.54) is 6.42 Å². The molecular weight excluding hydrogens is 406 g/mol. The first-order valence-electron chi connectivity index (χ1n) is 12.0. The first-order chi connectivity index (χ1) is 15.5. The van der Waals surface area contributed by atoms with Gasteiger partial charge < -0.3 is 20.1 Å². The third-order valence-corrected chi connectivity index (χ3v) is 6.68. The van der Waals surface area contributed by atoms with Crippen molar-refractivity contribution < 1.29 is 19.1 Å². The summed E-state index contributed by atoms with van der Waals surface area (Å²) in [5, 5.41) is 6.17. The summed E-state index contributed by atoms with van der Waals surface area (Å²) in [5.74, 6) is 0.779. The first kappa shape index (κ1) is 24.5. The molecular formula is C25H39N3O4. The van der Waals surface area contributed by atoms with E-state index in [2.05, 4.69) is 27.7 Å². The quantitative estimate of drug-likeness (QED) is 0.611. The zero-order valence-corrected chi connectivity index (χ0v) is 19.8. The van der Waals surface area contributed by atoms with E-state index < -0.39 is 6.04 Å². The van der Waals surface area contributed by atoms with E-state index in [-0.39, 0.29) is 29.7 Å². The number of ether oxygens (including phenoxy) is 2. The van der Waals surface area contributed by atoms with E-state index in [9.17, 15) is 9.59 Å². The summed E-state index contributed by atoms with van der Waals surface area (Å²) in [4.78, 5) is 28.2. The molecule has 3 rings (SSSR count). The number of methoxy groups -OCH3 is 1. The van der Waals surface area contributed by atoms with Crippen LogP contribution in [0.1, 0.15) is 57.6 Å². The topological polar surface area (TPSA) is 79.9 Å². The number of carbonyl (C=O) groups excluding carboxylic acids is 2. The first-order valence-corrected chi connectivity index (χ1v) is 12.0. The van der Waals surface area contributed by atoms with E-state index in [4.69, 9.17) is 9.47 Å². The molecule has 1 saturated heterocycles. The summed E-state index contributed by atoms with van der Waals surface area (Å²) in [7, 11) is 1.66. The average molecular weight is 446 g/mol. The summed E-state index contributed by atoms with van der Waals surface area (Å²) in [6.07, 6.45) is 5.25. The molecule has 2 aliphatic rings. The Hall–Kier alpha value is -2.12. The number of benzene rings is 1. The molecule has 1 saturated carbocycles. The molecule has 0 spiro atoms. The van der Waals surface area contributed by atoms with Gasteiger partial charge in [-0.15, -0.1) is 0 Å². The van der Waals surface area contributed by atoms with Gasteiger partial charge in [0.25, 0.3) is 0 Å². The Morgan fingerprint density at radius 3 is 2.34 bits per heavy atom. The van der Waals surface area contributed by atoms with Crippen molar-refractivity contribution in [2.45, 2.75) is 58.0 Å². The second kappa shape index (κ2) is 12.2. The van der Waals surface area contributed by atoms with Gasteiger partial charge in [0, 0.05) is 25.6 Å². The van der Waals surface area contributed by atoms with Crippen molar-refractivity contribution in [3.05, 3.63) is 29.8 Å². The van der Waals surface area contributed by atoms with E-state index in [0.717, 1.165) is 50.1 Å². The summed E-state index contributed by atoms with van der Waals surface area (Å²) >= 11 is 0. The lowest BCUT2D eigenvalue weighted by Crippen LogP contribution is -2.53. The van der Waals surface area contributed by atoms with Crippen LogP contribution in [0.5, 0.6) is 5.75 Å². The van der Waals surface area contributed by atoms with Gasteiger partial charge >= 0.3 is 0 Å². The Bertz CT molecular complexity index is 725. The smallest absolute Gasteiger partial charge is 0.242 e. The number of nitrogens with zero attached hydrogens (tertiary/aromatic N) is 1. The zero-order valence-electron chi connectivity index (χ0n) is 19.8. The minimum atomic E-state index is -0.523. The van der Waals surface area contributed by atoms with Crippen LogP contribution in [-0.2, 0) is 14.3 Å². The van der Waals surface area contributed by atoms with E-state index in [1.807, 2.05) is 26.0 Å². The fourth-order valence-electron chi connectivity index (χ4n) is 4.65. The predicted molar refractivity (Wildman–Crippen MR) is 124 cm³/mol. The van der Waals surface area contributed by atoms with Gasteiger partial charge in [-0.1, -0.05) is 45.2 Å². The van der Waals surface area contributed by atoms with Crippen molar-refractivity contribution in [2.75, 3.05) is 40.0 Å². The Morgan fingerprint density at radius 1 is 1.09 bits per heavy atom. The summed E-state index contributed by atoms with van der Waals surface area (Å²) in [6.45, 7) is 7.45. The third-order valence-electron chi connectivity index (χ3n) is 6.68. The van der Waals surface area contributed by atoms with E-state index >= 15 is 0 Å². The van der Waals surface area contributed by atoms with Crippen LogP contribution in [-0.4, -0.2) is 62.7 Å². The second-order valence-corrected chi connectivity index (χ2v) is 9.25. The van der Waals surface area contributed by atoms with Gasteiger partial charge in [0.15, 0.2) is 0 Å². The number of nitrogens with one attached hydrogen (secondary N) is 2. The van der Waals surface area contributed by atoms with Crippen molar-refractivity contribution >= 4 is 11.8 Å². The zero-order chi connectivity index (χ0) is 22.9. The van der Waals surface area contributed by atoms with Crippen molar-refractivity contribution in [1.82, 2.24) is 15.5 Å². The van der Waals surface area contributed by atoms with Gasteiger partial charge in [-0.05, 0) is 36.5 Å². The molecule has 1 aromatic carbocycles. The van der Waals surface area contributed by atoms with Crippen molar-refractivity contribution in [3.63, 3.8) is 0 Å². The number of rotatable bonds is 9. The molecule has 2 amide bonds. The maximum absolute atomic E-state index is 13.1. The summed E-state index contributed by atoms with van der Waals surface area (Å²) in [6, 6.07) is 7.52. The Morgan fingerprint density at radius 2 is 1.75 bits per heavy atom. The molecule has 7 heteroatoms. The maximum Gasteiger partial charge on any atom is 0.242 e. The Balaban J connectivity index is 1.65. The fraction of sp³-hybridized carbons (Fsp3) is 0.680. The third kappa shape index (κ3) is 6.69. The molecule has 1 aromatic rings. The number of amides is 2. The van der Waals surface area contributed by atoms with Crippen molar-refractivity contribution in [2.24, 2.45) is 11.8 Å². The van der Waals surface area contributed by atoms with Gasteiger partial charge in [-0.25, -0.2) is 0 Å². The molecule has 32 heavy (non-hydrogen) atoms. The average Bonchev–Trinajstić information content (AvgIpc) is 2.83. The van der Waals surface area contributed by atoms with Crippen LogP contribution in [0, 0.1) is 11.8 Å². The van der Waals surface area contributed by atoms with Gasteiger partial charge in [-0.2, -0.15) is 0 Å². The number of morpholine rings is 1. The lowest BCUT2D eigenvalue weighted by Gasteiger charge is -2.35. The molecule has 2 unspecified atom stereocenters. The molecule has 1 aliphatic heterocycles. The van der Waals surface area contributed by atoms with Crippen LogP contribution in [0.3, 0.4) is 0 Å². The molecule has 0 aromatic heterocycles. The van der Waals surface area contributed by atoms with Crippen LogP contribution in [0.4, 0.5) is 0 Å². The molecule has 0 bridgehead atoms. The normalized spacial score (nSPS) is 19.9. The summed E-state index contributed by atoms with van der Waals surface area (Å²) in [5.41, 5.74) is 1.13. The number of hydrogen-bond donors (Lipinski definition) is 2. The molecule has 0 radical (unpaired) electrons. The summed E-state index contributed by atoms with van der Waals surface area (Å²) < 4.78 is 10.8. The van der Waals surface area contributed by atoms with Crippen molar-refractivity contribution in [1.29, 1.82) is 0 Å². The van der Waals surface area contributed by atoms with Crippen LogP contribution < -0.4 is 15.4 Å². The maximum atomic E-state index is 13.1. The highest BCUT2D eigenvalue weighted by atomic mass is 16.5. The molecule has 1 heterocycles. The molecule has 7 nitrogen and oxygen atoms in total. The monoisotopic (exact) mass is 445 g/mol. The fourth-order valence-corrected chi connectivity index (χ4v) is 4.65. The number of carbonyl (C=O) groups is 2. The van der Waals surface area contributed by atoms with Gasteiger partial charge in [-0.3, -0.25) is 14.5 Å². The highest BCUT2D eigenvalue weighted by Gasteiger charge is 2.30.